The summed E-state index contributed by atoms with van der Waals surface area (Å²) in [7, 11) is 1.56. The summed E-state index contributed by atoms with van der Waals surface area (Å²) in [6, 6.07) is 14.7. The summed E-state index contributed by atoms with van der Waals surface area (Å²) in [5.74, 6) is 1.55. The number of hydrogen-bond donors (Lipinski definition) is 0. The fourth-order valence-electron chi connectivity index (χ4n) is 3.61. The van der Waals surface area contributed by atoms with Crippen molar-refractivity contribution in [3.05, 3.63) is 94.3 Å². The van der Waals surface area contributed by atoms with Gasteiger partial charge in [-0.3, -0.25) is 4.79 Å². The molecule has 0 unspecified atom stereocenters. The molecule has 0 radical (unpaired) electrons. The highest BCUT2D eigenvalue weighted by Gasteiger charge is 2.23. The number of methoxy groups -OCH3 is 1. The van der Waals surface area contributed by atoms with Crippen molar-refractivity contribution in [2.45, 2.75) is 32.8 Å². The van der Waals surface area contributed by atoms with E-state index in [1.165, 1.54) is 4.68 Å². The number of fused-ring (bicyclic) bond motifs is 1. The van der Waals surface area contributed by atoms with E-state index in [1.807, 2.05) is 57.2 Å². The molecule has 0 fully saturated rings. The van der Waals surface area contributed by atoms with Gasteiger partial charge in [0.15, 0.2) is 11.5 Å². The highest BCUT2D eigenvalue weighted by atomic mass is 79.9. The Hall–Kier alpha value is -2.20. The fourth-order valence-corrected chi connectivity index (χ4v) is 5.10. The van der Waals surface area contributed by atoms with Gasteiger partial charge in [-0.1, -0.05) is 66.5 Å². The molecule has 1 heterocycles. The largest absolute Gasteiger partial charge is 0.493 e. The van der Waals surface area contributed by atoms with Gasteiger partial charge in [0.2, 0.25) is 0 Å². The van der Waals surface area contributed by atoms with Gasteiger partial charge in [0.05, 0.1) is 28.7 Å². The molecule has 6 nitrogen and oxygen atoms in total. The van der Waals surface area contributed by atoms with E-state index in [2.05, 4.69) is 52.9 Å². The monoisotopic (exact) mass is 709 g/mol. The molecule has 10 heteroatoms. The predicted octanol–water partition coefficient (Wildman–Crippen LogP) is 8.10. The number of ether oxygens (including phenoxy) is 2. The van der Waals surface area contributed by atoms with E-state index in [9.17, 15) is 4.79 Å². The summed E-state index contributed by atoms with van der Waals surface area (Å²) >= 11 is 16.9. The van der Waals surface area contributed by atoms with Gasteiger partial charge in [-0.15, -0.1) is 0 Å². The van der Waals surface area contributed by atoms with Crippen molar-refractivity contribution in [2.24, 2.45) is 5.10 Å². The molecule has 4 aromatic rings. The van der Waals surface area contributed by atoms with Gasteiger partial charge in [-0.2, -0.15) is 9.78 Å². The number of nitrogens with zero attached hydrogens (tertiary/aromatic N) is 3. The fraction of sp³-hybridized carbons (Fsp3) is 0.222. The van der Waals surface area contributed by atoms with Crippen LogP contribution in [0.1, 0.15) is 37.7 Å². The second kappa shape index (κ2) is 11.3. The predicted molar refractivity (Wildman–Crippen MR) is 160 cm³/mol. The summed E-state index contributed by atoms with van der Waals surface area (Å²) < 4.78 is 15.1. The van der Waals surface area contributed by atoms with E-state index in [4.69, 9.17) is 26.1 Å². The van der Waals surface area contributed by atoms with Crippen molar-refractivity contribution in [1.29, 1.82) is 0 Å². The summed E-state index contributed by atoms with van der Waals surface area (Å²) in [5.41, 5.74) is 1.47. The first-order valence-electron chi connectivity index (χ1n) is 11.2. The van der Waals surface area contributed by atoms with Gasteiger partial charge >= 0.3 is 0 Å². The maximum Gasteiger partial charge on any atom is 0.282 e. The molecule has 0 bridgehead atoms. The van der Waals surface area contributed by atoms with Gasteiger partial charge in [-0.25, -0.2) is 4.98 Å². The van der Waals surface area contributed by atoms with Crippen molar-refractivity contribution in [3.63, 3.8) is 0 Å². The third-order valence-electron chi connectivity index (χ3n) is 5.50. The molecule has 0 aliphatic carbocycles. The molecular formula is C27H23Br3ClN3O3. The van der Waals surface area contributed by atoms with E-state index < -0.39 is 5.41 Å². The SMILES string of the molecule is COc1cc(C=Nn2c(C(C)(C)C)nc3ccc(Br)cc3c2=O)c(Br)c(Br)c1OCc1ccccc1Cl. The zero-order valence-electron chi connectivity index (χ0n) is 20.5. The molecule has 1 aromatic heterocycles. The van der Waals surface area contributed by atoms with E-state index in [0.29, 0.717) is 47.8 Å². The zero-order valence-corrected chi connectivity index (χ0v) is 26.0. The summed E-state index contributed by atoms with van der Waals surface area (Å²) in [6.07, 6.45) is 1.59. The Morgan fingerprint density at radius 1 is 1.08 bits per heavy atom. The van der Waals surface area contributed by atoms with Crippen LogP contribution in [0.4, 0.5) is 0 Å². The summed E-state index contributed by atoms with van der Waals surface area (Å²) in [4.78, 5) is 18.2. The number of halogens is 4. The lowest BCUT2D eigenvalue weighted by Crippen LogP contribution is -2.29. The average Bonchev–Trinajstić information content (AvgIpc) is 2.85. The third kappa shape index (κ3) is 5.95. The van der Waals surface area contributed by atoms with Crippen molar-refractivity contribution in [2.75, 3.05) is 7.11 Å². The lowest BCUT2D eigenvalue weighted by atomic mass is 9.95. The van der Waals surface area contributed by atoms with Gasteiger partial charge in [0, 0.05) is 30.5 Å². The van der Waals surface area contributed by atoms with Crippen LogP contribution in [0.25, 0.3) is 10.9 Å². The lowest BCUT2D eigenvalue weighted by molar-refractivity contribution is 0.282. The van der Waals surface area contributed by atoms with E-state index in [0.717, 1.165) is 10.0 Å². The van der Waals surface area contributed by atoms with Crippen LogP contribution in [0.5, 0.6) is 11.5 Å². The Labute approximate surface area is 245 Å². The maximum atomic E-state index is 13.5. The highest BCUT2D eigenvalue weighted by Crippen LogP contribution is 2.43. The average molecular weight is 713 g/mol. The number of hydrogen-bond acceptors (Lipinski definition) is 5. The van der Waals surface area contributed by atoms with Crippen LogP contribution >= 0.6 is 59.4 Å². The highest BCUT2D eigenvalue weighted by molar-refractivity contribution is 9.13. The van der Waals surface area contributed by atoms with Crippen LogP contribution in [0.3, 0.4) is 0 Å². The van der Waals surface area contributed by atoms with Crippen LogP contribution in [0, 0.1) is 0 Å². The molecular weight excluding hydrogens is 689 g/mol. The second-order valence-corrected chi connectivity index (χ2v) is 12.1. The van der Waals surface area contributed by atoms with Crippen molar-refractivity contribution >= 4 is 76.5 Å². The van der Waals surface area contributed by atoms with Crippen LogP contribution in [-0.2, 0) is 12.0 Å². The molecule has 3 aromatic carbocycles. The number of benzene rings is 3. The van der Waals surface area contributed by atoms with Crippen LogP contribution < -0.4 is 15.0 Å². The lowest BCUT2D eigenvalue weighted by Gasteiger charge is -2.21. The Morgan fingerprint density at radius 2 is 1.81 bits per heavy atom. The molecule has 37 heavy (non-hydrogen) atoms. The molecule has 0 spiro atoms. The van der Waals surface area contributed by atoms with Crippen LogP contribution in [0.15, 0.2) is 71.8 Å². The molecule has 0 saturated carbocycles. The molecule has 0 aliphatic rings. The molecule has 192 valence electrons. The first-order valence-corrected chi connectivity index (χ1v) is 14.0. The number of aromatic nitrogens is 2. The van der Waals surface area contributed by atoms with E-state index >= 15 is 0 Å². The first kappa shape index (κ1) is 27.8. The third-order valence-corrected chi connectivity index (χ3v) is 8.50. The van der Waals surface area contributed by atoms with Gasteiger partial charge in [-0.05, 0) is 62.2 Å². The zero-order chi connectivity index (χ0) is 26.9. The summed E-state index contributed by atoms with van der Waals surface area (Å²) in [5, 5.41) is 5.67. The smallest absolute Gasteiger partial charge is 0.282 e. The Kier molecular flexibility index (Phi) is 8.48. The quantitative estimate of drug-likeness (QED) is 0.190. The Bertz CT molecular complexity index is 1580. The second-order valence-electron chi connectivity index (χ2n) is 9.21. The Balaban J connectivity index is 1.77. The van der Waals surface area contributed by atoms with E-state index in [1.54, 1.807) is 25.5 Å². The topological polar surface area (TPSA) is 65.7 Å². The van der Waals surface area contributed by atoms with Crippen LogP contribution in [-0.4, -0.2) is 23.0 Å². The van der Waals surface area contributed by atoms with Gasteiger partial charge in [0.1, 0.15) is 12.4 Å². The molecule has 4 rings (SSSR count). The number of rotatable bonds is 6. The molecule has 0 amide bonds. The van der Waals surface area contributed by atoms with Gasteiger partial charge < -0.3 is 9.47 Å². The maximum absolute atomic E-state index is 13.5. The standard InChI is InChI=1S/C27H23Br3ClN3O3/c1-27(2,3)26-33-20-10-9-17(28)12-18(20)25(35)34(26)32-13-16-11-21(36-4)24(23(30)22(16)29)37-14-15-7-5-6-8-19(15)31/h5-13H,14H2,1-4H3. The van der Waals surface area contributed by atoms with E-state index in [-0.39, 0.29) is 12.2 Å². The minimum Gasteiger partial charge on any atom is -0.493 e. The van der Waals surface area contributed by atoms with Crippen molar-refractivity contribution in [1.82, 2.24) is 9.66 Å². The summed E-state index contributed by atoms with van der Waals surface area (Å²) in [6.45, 7) is 6.24. The first-order chi connectivity index (χ1) is 17.5. The molecule has 0 atom stereocenters. The molecule has 0 saturated heterocycles. The minimum atomic E-state index is -0.427. The Morgan fingerprint density at radius 3 is 2.49 bits per heavy atom. The van der Waals surface area contributed by atoms with Crippen LogP contribution in [0.2, 0.25) is 5.02 Å². The minimum absolute atomic E-state index is 0.255. The van der Waals surface area contributed by atoms with Crippen molar-refractivity contribution < 1.29 is 9.47 Å². The van der Waals surface area contributed by atoms with Gasteiger partial charge in [0.25, 0.3) is 5.56 Å². The normalized spacial score (nSPS) is 11.9. The molecule has 0 aliphatic heterocycles. The molecule has 0 N–H and O–H groups in total. The van der Waals surface area contributed by atoms with Crippen molar-refractivity contribution in [3.8, 4) is 11.5 Å².